The Morgan fingerprint density at radius 1 is 1.43 bits per heavy atom. The second-order valence-corrected chi connectivity index (χ2v) is 4.01. The monoisotopic (exact) mass is 275 g/mol. The fourth-order valence-corrected chi connectivity index (χ4v) is 1.85. The molecule has 1 aliphatic heterocycles. The van der Waals surface area contributed by atoms with Crippen molar-refractivity contribution >= 4 is 15.9 Å². The SMILES string of the molecule is FC(F)(F)N1CCC[C@@H]1COCCBr. The zero-order valence-corrected chi connectivity index (χ0v) is 9.27. The maximum Gasteiger partial charge on any atom is 0.460 e. The van der Waals surface area contributed by atoms with Crippen LogP contribution in [0.25, 0.3) is 0 Å². The van der Waals surface area contributed by atoms with Gasteiger partial charge in [-0.3, -0.25) is 0 Å². The van der Waals surface area contributed by atoms with E-state index in [-0.39, 0.29) is 13.2 Å². The molecule has 0 amide bonds. The Morgan fingerprint density at radius 3 is 2.71 bits per heavy atom. The minimum absolute atomic E-state index is 0.103. The van der Waals surface area contributed by atoms with Crippen molar-refractivity contribution in [2.45, 2.75) is 25.2 Å². The molecule has 1 heterocycles. The molecule has 0 saturated carbocycles. The average Bonchev–Trinajstić information content (AvgIpc) is 2.52. The summed E-state index contributed by atoms with van der Waals surface area (Å²) in [6, 6.07) is -0.492. The maximum absolute atomic E-state index is 12.4. The van der Waals surface area contributed by atoms with Gasteiger partial charge in [0.05, 0.1) is 13.2 Å². The van der Waals surface area contributed by atoms with Crippen LogP contribution in [0.4, 0.5) is 13.2 Å². The Hall–Kier alpha value is 0.190. The molecular formula is C8H13BrF3NO. The number of hydrogen-bond donors (Lipinski definition) is 0. The van der Waals surface area contributed by atoms with E-state index >= 15 is 0 Å². The molecule has 84 valence electrons. The third-order valence-electron chi connectivity index (χ3n) is 2.23. The molecule has 0 unspecified atom stereocenters. The Morgan fingerprint density at radius 2 is 2.14 bits per heavy atom. The molecule has 1 atom stereocenters. The van der Waals surface area contributed by atoms with Gasteiger partial charge in [0.25, 0.3) is 0 Å². The van der Waals surface area contributed by atoms with Crippen molar-refractivity contribution in [2.75, 3.05) is 25.1 Å². The molecule has 0 aromatic heterocycles. The van der Waals surface area contributed by atoms with Crippen LogP contribution in [0.5, 0.6) is 0 Å². The van der Waals surface area contributed by atoms with E-state index < -0.39 is 12.3 Å². The second kappa shape index (κ2) is 5.32. The molecule has 6 heteroatoms. The molecule has 0 N–H and O–H groups in total. The van der Waals surface area contributed by atoms with Gasteiger partial charge in [0.2, 0.25) is 0 Å². The van der Waals surface area contributed by atoms with E-state index in [0.29, 0.717) is 29.7 Å². The highest BCUT2D eigenvalue weighted by Gasteiger charge is 2.44. The number of alkyl halides is 4. The summed E-state index contributed by atoms with van der Waals surface area (Å²) in [5.74, 6) is 0. The van der Waals surface area contributed by atoms with Gasteiger partial charge < -0.3 is 4.74 Å². The van der Waals surface area contributed by atoms with Crippen molar-refractivity contribution in [3.8, 4) is 0 Å². The van der Waals surface area contributed by atoms with Crippen molar-refractivity contribution in [3.63, 3.8) is 0 Å². The molecule has 0 aliphatic carbocycles. The third kappa shape index (κ3) is 3.40. The zero-order chi connectivity index (χ0) is 10.6. The van der Waals surface area contributed by atoms with Crippen LogP contribution in [0, 0.1) is 0 Å². The summed E-state index contributed by atoms with van der Waals surface area (Å²) in [6.45, 7) is 0.735. The lowest BCUT2D eigenvalue weighted by Crippen LogP contribution is -2.43. The standard InChI is InChI=1S/C8H13BrF3NO/c9-3-5-14-6-7-2-1-4-13(7)8(10,11)12/h7H,1-6H2/t7-/m1/s1. The molecule has 1 fully saturated rings. The Balaban J connectivity index is 2.36. The summed E-state index contributed by atoms with van der Waals surface area (Å²) in [7, 11) is 0. The molecule has 0 bridgehead atoms. The van der Waals surface area contributed by atoms with E-state index in [1.54, 1.807) is 0 Å². The Labute approximate surface area is 89.5 Å². The topological polar surface area (TPSA) is 12.5 Å². The van der Waals surface area contributed by atoms with Gasteiger partial charge in [-0.25, -0.2) is 4.90 Å². The van der Waals surface area contributed by atoms with Crippen molar-refractivity contribution in [2.24, 2.45) is 0 Å². The molecule has 0 aromatic carbocycles. The predicted octanol–water partition coefficient (Wildman–Crippen LogP) is 2.38. The maximum atomic E-state index is 12.4. The van der Waals surface area contributed by atoms with E-state index in [0.717, 1.165) is 0 Å². The number of likely N-dealkylation sites (tertiary alicyclic amines) is 1. The molecule has 1 rings (SSSR count). The van der Waals surface area contributed by atoms with Gasteiger partial charge in [0.15, 0.2) is 0 Å². The molecule has 0 radical (unpaired) electrons. The minimum Gasteiger partial charge on any atom is -0.379 e. The summed E-state index contributed by atoms with van der Waals surface area (Å²) in [5, 5.41) is 0.658. The summed E-state index contributed by atoms with van der Waals surface area (Å²) in [6.07, 6.45) is -3.04. The number of nitrogens with zero attached hydrogens (tertiary/aromatic N) is 1. The van der Waals surface area contributed by atoms with E-state index in [9.17, 15) is 13.2 Å². The van der Waals surface area contributed by atoms with Gasteiger partial charge in [-0.2, -0.15) is 13.2 Å². The van der Waals surface area contributed by atoms with Crippen LogP contribution in [0.1, 0.15) is 12.8 Å². The van der Waals surface area contributed by atoms with Gasteiger partial charge in [0.1, 0.15) is 0 Å². The molecular weight excluding hydrogens is 263 g/mol. The predicted molar refractivity (Wildman–Crippen MR) is 50.4 cm³/mol. The van der Waals surface area contributed by atoms with Crippen LogP contribution in [0.3, 0.4) is 0 Å². The van der Waals surface area contributed by atoms with E-state index in [1.165, 1.54) is 0 Å². The summed E-state index contributed by atoms with van der Waals surface area (Å²) >= 11 is 3.15. The summed E-state index contributed by atoms with van der Waals surface area (Å²) in [4.78, 5) is 0.571. The van der Waals surface area contributed by atoms with Crippen molar-refractivity contribution in [1.29, 1.82) is 0 Å². The fraction of sp³-hybridized carbons (Fsp3) is 1.00. The third-order valence-corrected chi connectivity index (χ3v) is 2.56. The Bertz CT molecular complexity index is 176. The van der Waals surface area contributed by atoms with E-state index in [1.807, 2.05) is 0 Å². The highest BCUT2D eigenvalue weighted by molar-refractivity contribution is 9.09. The fourth-order valence-electron chi connectivity index (χ4n) is 1.62. The zero-order valence-electron chi connectivity index (χ0n) is 7.69. The van der Waals surface area contributed by atoms with Gasteiger partial charge in [-0.1, -0.05) is 15.9 Å². The highest BCUT2D eigenvalue weighted by atomic mass is 79.9. The number of ether oxygens (including phenoxy) is 1. The molecule has 1 saturated heterocycles. The second-order valence-electron chi connectivity index (χ2n) is 3.22. The molecule has 2 nitrogen and oxygen atoms in total. The molecule has 1 aliphatic rings. The quantitative estimate of drug-likeness (QED) is 0.444. The number of halogens is 4. The van der Waals surface area contributed by atoms with E-state index in [2.05, 4.69) is 15.9 Å². The lowest BCUT2D eigenvalue weighted by atomic mass is 10.2. The van der Waals surface area contributed by atoms with Crippen LogP contribution < -0.4 is 0 Å². The molecule has 0 spiro atoms. The largest absolute Gasteiger partial charge is 0.460 e. The number of rotatable bonds is 4. The number of hydrogen-bond acceptors (Lipinski definition) is 2. The van der Waals surface area contributed by atoms with Crippen molar-refractivity contribution < 1.29 is 17.9 Å². The van der Waals surface area contributed by atoms with Crippen LogP contribution in [-0.4, -0.2) is 42.3 Å². The molecule has 0 aromatic rings. The first-order chi connectivity index (χ1) is 6.55. The van der Waals surface area contributed by atoms with E-state index in [4.69, 9.17) is 4.74 Å². The summed E-state index contributed by atoms with van der Waals surface area (Å²) < 4.78 is 42.2. The summed E-state index contributed by atoms with van der Waals surface area (Å²) in [5.41, 5.74) is 0. The van der Waals surface area contributed by atoms with Crippen LogP contribution in [-0.2, 0) is 4.74 Å². The van der Waals surface area contributed by atoms with Crippen LogP contribution >= 0.6 is 15.9 Å². The molecule has 14 heavy (non-hydrogen) atoms. The van der Waals surface area contributed by atoms with Crippen molar-refractivity contribution in [3.05, 3.63) is 0 Å². The van der Waals surface area contributed by atoms with Crippen molar-refractivity contribution in [1.82, 2.24) is 4.90 Å². The lowest BCUT2D eigenvalue weighted by molar-refractivity contribution is -0.253. The smallest absolute Gasteiger partial charge is 0.379 e. The lowest BCUT2D eigenvalue weighted by Gasteiger charge is -2.26. The van der Waals surface area contributed by atoms with Crippen LogP contribution in [0.15, 0.2) is 0 Å². The van der Waals surface area contributed by atoms with Gasteiger partial charge in [0, 0.05) is 17.9 Å². The normalized spacial score (nSPS) is 24.4. The van der Waals surface area contributed by atoms with Gasteiger partial charge in [-0.15, -0.1) is 0 Å². The van der Waals surface area contributed by atoms with Gasteiger partial charge in [-0.05, 0) is 12.8 Å². The average molecular weight is 276 g/mol. The van der Waals surface area contributed by atoms with Crippen LogP contribution in [0.2, 0.25) is 0 Å². The van der Waals surface area contributed by atoms with Gasteiger partial charge >= 0.3 is 6.30 Å². The highest BCUT2D eigenvalue weighted by Crippen LogP contribution is 2.30. The first-order valence-electron chi connectivity index (χ1n) is 4.53. The first-order valence-corrected chi connectivity index (χ1v) is 5.65. The first kappa shape index (κ1) is 12.3. The minimum atomic E-state index is -4.21. The Kier molecular flexibility index (Phi) is 4.66.